The van der Waals surface area contributed by atoms with Gasteiger partial charge in [-0.1, -0.05) is 70.9 Å². The van der Waals surface area contributed by atoms with Gasteiger partial charge in [0.25, 0.3) is 0 Å². The van der Waals surface area contributed by atoms with Crippen molar-refractivity contribution in [1.29, 1.82) is 0 Å². The molecular formula is C14H33AlOSi. The van der Waals surface area contributed by atoms with E-state index in [0.29, 0.717) is 5.04 Å². The zero-order valence-electron chi connectivity index (χ0n) is 13.6. The van der Waals surface area contributed by atoms with Gasteiger partial charge < -0.3 is 3.48 Å². The standard InChI is InChI=1S/C6H15OSi.2C4H9.Al/c1-6(2,3)8(4,5)7;2*1-4(2)3;/h1-5H3;2*4H,1H2,2-3H3;/q-1;;;+1. The molecule has 0 aromatic heterocycles. The molecule has 0 heterocycles. The first kappa shape index (κ1) is 17.7. The fraction of sp³-hybridized carbons (Fsp3) is 1.00. The van der Waals surface area contributed by atoms with E-state index in [2.05, 4.69) is 61.6 Å². The molecule has 0 aliphatic carbocycles. The van der Waals surface area contributed by atoms with Crippen LogP contribution in [0.2, 0.25) is 28.7 Å². The van der Waals surface area contributed by atoms with Crippen molar-refractivity contribution in [2.24, 2.45) is 11.8 Å². The van der Waals surface area contributed by atoms with Crippen LogP contribution in [0.25, 0.3) is 0 Å². The van der Waals surface area contributed by atoms with Crippen LogP contribution in [0.1, 0.15) is 48.5 Å². The highest BCUT2D eigenvalue weighted by molar-refractivity contribution is 6.80. The summed E-state index contributed by atoms with van der Waals surface area (Å²) in [6.07, 6.45) is 0. The van der Waals surface area contributed by atoms with E-state index in [-0.39, 0.29) is 0 Å². The predicted molar refractivity (Wildman–Crippen MR) is 83.3 cm³/mol. The Labute approximate surface area is 115 Å². The summed E-state index contributed by atoms with van der Waals surface area (Å²) in [7, 11) is -1.54. The van der Waals surface area contributed by atoms with Gasteiger partial charge in [-0.25, -0.2) is 0 Å². The minimum atomic E-state index is -1.54. The van der Waals surface area contributed by atoms with Crippen molar-refractivity contribution in [3.63, 3.8) is 0 Å². The SMILES string of the molecule is CC(C)[CH2][Al]([CH2]C(C)C)[O][Si](C)(C)C(C)(C)C. The lowest BCUT2D eigenvalue weighted by atomic mass is 10.2. The van der Waals surface area contributed by atoms with E-state index in [1.165, 1.54) is 10.6 Å². The average molecular weight is 272 g/mol. The van der Waals surface area contributed by atoms with E-state index in [1.807, 2.05) is 0 Å². The second-order valence-corrected chi connectivity index (χ2v) is 15.4. The van der Waals surface area contributed by atoms with Gasteiger partial charge in [0.15, 0.2) is 8.32 Å². The maximum absolute atomic E-state index is 6.70. The van der Waals surface area contributed by atoms with Gasteiger partial charge in [0.05, 0.1) is 0 Å². The first-order valence-electron chi connectivity index (χ1n) is 7.13. The zero-order valence-corrected chi connectivity index (χ0v) is 15.7. The minimum absolute atomic E-state index is 0.353. The molecule has 0 spiro atoms. The summed E-state index contributed by atoms with van der Waals surface area (Å²) in [5, 5.41) is 3.03. The molecule has 3 heteroatoms. The smallest absolute Gasteiger partial charge is 0.450 e. The highest BCUT2D eigenvalue weighted by atomic mass is 28.4. The Morgan fingerprint density at radius 3 is 1.53 bits per heavy atom. The Balaban J connectivity index is 4.62. The summed E-state index contributed by atoms with van der Waals surface area (Å²) in [6.45, 7) is 21.1. The van der Waals surface area contributed by atoms with Crippen molar-refractivity contribution >= 4 is 22.8 Å². The third-order valence-corrected chi connectivity index (χ3v) is 14.0. The van der Waals surface area contributed by atoms with E-state index in [0.717, 1.165) is 11.8 Å². The second kappa shape index (κ2) is 6.75. The predicted octanol–water partition coefficient (Wildman–Crippen LogP) is 5.31. The van der Waals surface area contributed by atoms with Gasteiger partial charge in [-0.2, -0.15) is 0 Å². The molecule has 102 valence electrons. The quantitative estimate of drug-likeness (QED) is 0.595. The van der Waals surface area contributed by atoms with E-state index in [9.17, 15) is 0 Å². The van der Waals surface area contributed by atoms with E-state index in [4.69, 9.17) is 3.48 Å². The lowest BCUT2D eigenvalue weighted by Crippen LogP contribution is -2.46. The molecule has 17 heavy (non-hydrogen) atoms. The van der Waals surface area contributed by atoms with Gasteiger partial charge in [0, 0.05) is 0 Å². The maximum atomic E-state index is 6.70. The molecule has 1 nitrogen and oxygen atoms in total. The van der Waals surface area contributed by atoms with E-state index < -0.39 is 22.8 Å². The molecule has 0 N–H and O–H groups in total. The molecular weight excluding hydrogens is 239 g/mol. The van der Waals surface area contributed by atoms with Crippen LogP contribution in [-0.2, 0) is 3.48 Å². The van der Waals surface area contributed by atoms with E-state index >= 15 is 0 Å². The van der Waals surface area contributed by atoms with Crippen molar-refractivity contribution < 1.29 is 3.48 Å². The van der Waals surface area contributed by atoms with Crippen LogP contribution in [0.3, 0.4) is 0 Å². The minimum Gasteiger partial charge on any atom is -0.545 e. The molecule has 0 aliphatic rings. The fourth-order valence-electron chi connectivity index (χ4n) is 1.84. The zero-order chi connectivity index (χ0) is 13.9. The summed E-state index contributed by atoms with van der Waals surface area (Å²) in [5.41, 5.74) is 0. The van der Waals surface area contributed by atoms with Gasteiger partial charge in [-0.05, 0) is 18.1 Å². The maximum Gasteiger partial charge on any atom is 0.450 e. The Morgan fingerprint density at radius 2 is 1.29 bits per heavy atom. The molecule has 0 aromatic carbocycles. The lowest BCUT2D eigenvalue weighted by Gasteiger charge is -2.40. The molecule has 0 atom stereocenters. The molecule has 0 saturated heterocycles. The topological polar surface area (TPSA) is 9.23 Å². The van der Waals surface area contributed by atoms with Crippen molar-refractivity contribution in [3.8, 4) is 0 Å². The summed E-state index contributed by atoms with van der Waals surface area (Å²) in [5.74, 6) is 1.57. The Hall–Kier alpha value is 0.709. The van der Waals surface area contributed by atoms with Gasteiger partial charge in [-0.3, -0.25) is 0 Å². The third kappa shape index (κ3) is 7.01. The van der Waals surface area contributed by atoms with Gasteiger partial charge in [0.2, 0.25) is 0 Å². The molecule has 0 saturated carbocycles. The number of rotatable bonds is 6. The van der Waals surface area contributed by atoms with Crippen molar-refractivity contribution in [1.82, 2.24) is 0 Å². The molecule has 0 fully saturated rings. The van der Waals surface area contributed by atoms with Gasteiger partial charge in [-0.15, -0.1) is 0 Å². The molecule has 0 radical (unpaired) electrons. The molecule has 0 aliphatic heterocycles. The number of hydrogen-bond donors (Lipinski definition) is 0. The van der Waals surface area contributed by atoms with E-state index in [1.54, 1.807) is 0 Å². The Morgan fingerprint density at radius 1 is 0.941 bits per heavy atom. The Kier molecular flexibility index (Phi) is 7.04. The van der Waals surface area contributed by atoms with Crippen molar-refractivity contribution in [3.05, 3.63) is 0 Å². The fourth-order valence-corrected chi connectivity index (χ4v) is 9.65. The number of hydrogen-bond acceptors (Lipinski definition) is 1. The molecule has 0 bridgehead atoms. The third-order valence-electron chi connectivity index (χ3n) is 3.74. The summed E-state index contributed by atoms with van der Waals surface area (Å²) < 4.78 is 6.70. The highest BCUT2D eigenvalue weighted by Crippen LogP contribution is 2.38. The van der Waals surface area contributed by atoms with Crippen LogP contribution in [0, 0.1) is 11.8 Å². The van der Waals surface area contributed by atoms with Crippen LogP contribution < -0.4 is 0 Å². The molecule has 0 unspecified atom stereocenters. The molecule has 0 amide bonds. The first-order chi connectivity index (χ1) is 7.45. The largest absolute Gasteiger partial charge is 0.545 e. The van der Waals surface area contributed by atoms with Crippen LogP contribution >= 0.6 is 0 Å². The highest BCUT2D eigenvalue weighted by Gasteiger charge is 2.40. The summed E-state index contributed by atoms with van der Waals surface area (Å²) in [4.78, 5) is 0. The summed E-state index contributed by atoms with van der Waals surface area (Å²) >= 11 is -1.01. The average Bonchev–Trinajstić information content (AvgIpc) is 1.96. The normalized spacial score (nSPS) is 13.6. The lowest BCUT2D eigenvalue weighted by molar-refractivity contribution is 0.477. The first-order valence-corrected chi connectivity index (χ1v) is 12.1. The van der Waals surface area contributed by atoms with Crippen LogP contribution in [0.15, 0.2) is 0 Å². The van der Waals surface area contributed by atoms with Crippen molar-refractivity contribution in [2.45, 2.75) is 77.2 Å². The van der Waals surface area contributed by atoms with Gasteiger partial charge >= 0.3 is 14.5 Å². The Bertz CT molecular complexity index is 209. The molecule has 0 aromatic rings. The van der Waals surface area contributed by atoms with Crippen molar-refractivity contribution in [2.75, 3.05) is 0 Å². The van der Waals surface area contributed by atoms with Crippen LogP contribution in [0.4, 0.5) is 0 Å². The van der Waals surface area contributed by atoms with Crippen LogP contribution in [0.5, 0.6) is 0 Å². The second-order valence-electron chi connectivity index (χ2n) is 7.76. The monoisotopic (exact) mass is 272 g/mol. The molecule has 0 rings (SSSR count). The van der Waals surface area contributed by atoms with Gasteiger partial charge in [0.1, 0.15) is 0 Å². The van der Waals surface area contributed by atoms with Crippen LogP contribution in [-0.4, -0.2) is 22.8 Å². The summed E-state index contributed by atoms with van der Waals surface area (Å²) in [6, 6.07) is 0.